The summed E-state index contributed by atoms with van der Waals surface area (Å²) in [6.45, 7) is 0.525. The number of carbonyl (C=O) groups excluding carboxylic acids is 2. The molecule has 1 unspecified atom stereocenters. The molecule has 2 fully saturated rings. The number of cyclic esters (lactones) is 1. The van der Waals surface area contributed by atoms with E-state index in [1.165, 1.54) is 11.0 Å². The quantitative estimate of drug-likeness (QED) is 0.909. The van der Waals surface area contributed by atoms with Crippen LogP contribution in [-0.2, 0) is 16.0 Å². The van der Waals surface area contributed by atoms with Crippen LogP contribution in [0.15, 0.2) is 12.1 Å². The van der Waals surface area contributed by atoms with Crippen molar-refractivity contribution < 1.29 is 18.7 Å². The van der Waals surface area contributed by atoms with Gasteiger partial charge < -0.3 is 15.4 Å². The maximum absolute atomic E-state index is 14.5. The van der Waals surface area contributed by atoms with E-state index in [9.17, 15) is 14.0 Å². The third-order valence-electron chi connectivity index (χ3n) is 4.34. The lowest BCUT2D eigenvalue weighted by Crippen LogP contribution is -2.29. The summed E-state index contributed by atoms with van der Waals surface area (Å²) in [6, 6.07) is 3.14. The Kier molecular flexibility index (Phi) is 2.87. The lowest BCUT2D eigenvalue weighted by Gasteiger charge is -2.19. The number of anilines is 2. The molecule has 4 rings (SSSR count). The van der Waals surface area contributed by atoms with Crippen molar-refractivity contribution in [2.45, 2.75) is 31.4 Å². The summed E-state index contributed by atoms with van der Waals surface area (Å²) in [7, 11) is 0. The first-order valence-electron chi connectivity index (χ1n) is 7.41. The minimum Gasteiger partial charge on any atom is -0.443 e. The number of halogens is 1. The van der Waals surface area contributed by atoms with Crippen LogP contribution in [0.3, 0.4) is 0 Å². The third kappa shape index (κ3) is 1.96. The van der Waals surface area contributed by atoms with Gasteiger partial charge in [-0.2, -0.15) is 0 Å². The van der Waals surface area contributed by atoms with Gasteiger partial charge in [-0.15, -0.1) is 0 Å². The first-order chi connectivity index (χ1) is 10.6. The second kappa shape index (κ2) is 4.67. The van der Waals surface area contributed by atoms with E-state index in [0.29, 0.717) is 23.5 Å². The first-order valence-corrected chi connectivity index (χ1v) is 7.41. The summed E-state index contributed by atoms with van der Waals surface area (Å²) in [6.07, 6.45) is 1.11. The summed E-state index contributed by atoms with van der Waals surface area (Å²) in [4.78, 5) is 26.9. The van der Waals surface area contributed by atoms with Crippen LogP contribution in [0.25, 0.3) is 0 Å². The molecule has 1 aromatic rings. The zero-order valence-electron chi connectivity index (χ0n) is 11.9. The van der Waals surface area contributed by atoms with E-state index in [0.717, 1.165) is 12.8 Å². The van der Waals surface area contributed by atoms with Gasteiger partial charge in [-0.1, -0.05) is 0 Å². The van der Waals surface area contributed by atoms with E-state index in [1.807, 2.05) is 0 Å². The summed E-state index contributed by atoms with van der Waals surface area (Å²) in [5, 5.41) is 0. The highest BCUT2D eigenvalue weighted by Crippen LogP contribution is 2.42. The Bertz CT molecular complexity index is 674. The normalized spacial score (nSPS) is 24.0. The van der Waals surface area contributed by atoms with Gasteiger partial charge in [0.1, 0.15) is 11.9 Å². The summed E-state index contributed by atoms with van der Waals surface area (Å²) < 4.78 is 19.6. The molecule has 1 saturated carbocycles. The molecule has 0 bridgehead atoms. The van der Waals surface area contributed by atoms with Gasteiger partial charge in [-0.25, -0.2) is 9.18 Å². The average Bonchev–Trinajstić information content (AvgIpc) is 3.15. The predicted octanol–water partition coefficient (Wildman–Crippen LogP) is 1.16. The van der Waals surface area contributed by atoms with E-state index in [2.05, 4.69) is 0 Å². The van der Waals surface area contributed by atoms with Crippen LogP contribution in [0.1, 0.15) is 18.4 Å². The Hall–Kier alpha value is -2.15. The Morgan fingerprint density at radius 3 is 2.73 bits per heavy atom. The number of ether oxygens (including phenoxy) is 1. The van der Waals surface area contributed by atoms with Crippen LogP contribution >= 0.6 is 0 Å². The van der Waals surface area contributed by atoms with Crippen LogP contribution in [-0.4, -0.2) is 37.2 Å². The molecule has 6 nitrogen and oxygen atoms in total. The SMILES string of the molecule is NCC1CN(c2cc(F)c3c(c2)CC(=O)N3C2CC2)C(=O)O1. The number of carbonyl (C=O) groups is 2. The van der Waals surface area contributed by atoms with Crippen molar-refractivity contribution in [1.82, 2.24) is 0 Å². The van der Waals surface area contributed by atoms with Gasteiger partial charge >= 0.3 is 6.09 Å². The molecule has 1 aliphatic carbocycles. The number of nitrogens with zero attached hydrogens (tertiary/aromatic N) is 2. The van der Waals surface area contributed by atoms with E-state index < -0.39 is 11.9 Å². The molecule has 1 atom stereocenters. The van der Waals surface area contributed by atoms with Crippen molar-refractivity contribution in [3.63, 3.8) is 0 Å². The molecular weight excluding hydrogens is 289 g/mol. The second-order valence-corrected chi connectivity index (χ2v) is 5.96. The smallest absolute Gasteiger partial charge is 0.414 e. The minimum atomic E-state index is -0.529. The van der Waals surface area contributed by atoms with E-state index in [1.54, 1.807) is 11.0 Å². The standard InChI is InChI=1S/C15H16FN3O3/c16-12-5-10(18-7-11(6-17)22-15(18)21)3-8-4-13(20)19(14(8)12)9-1-2-9/h3,5,9,11H,1-2,4,6-7,17H2. The van der Waals surface area contributed by atoms with Crippen LogP contribution in [0.4, 0.5) is 20.6 Å². The van der Waals surface area contributed by atoms with Gasteiger partial charge in [0, 0.05) is 12.6 Å². The topological polar surface area (TPSA) is 75.9 Å². The highest BCUT2D eigenvalue weighted by atomic mass is 19.1. The molecule has 116 valence electrons. The molecule has 0 spiro atoms. The van der Waals surface area contributed by atoms with Gasteiger partial charge in [0.05, 0.1) is 24.3 Å². The number of amides is 2. The molecule has 22 heavy (non-hydrogen) atoms. The van der Waals surface area contributed by atoms with Gasteiger partial charge in [0.15, 0.2) is 0 Å². The zero-order valence-corrected chi connectivity index (χ0v) is 11.9. The van der Waals surface area contributed by atoms with Crippen LogP contribution in [0, 0.1) is 5.82 Å². The summed E-state index contributed by atoms with van der Waals surface area (Å²) in [5.74, 6) is -0.536. The lowest BCUT2D eigenvalue weighted by atomic mass is 10.1. The van der Waals surface area contributed by atoms with Crippen LogP contribution in [0.5, 0.6) is 0 Å². The van der Waals surface area contributed by atoms with Crippen molar-refractivity contribution >= 4 is 23.4 Å². The summed E-state index contributed by atoms with van der Waals surface area (Å²) >= 11 is 0. The fourth-order valence-corrected chi connectivity index (χ4v) is 3.15. The fraction of sp³-hybridized carbons (Fsp3) is 0.467. The van der Waals surface area contributed by atoms with Gasteiger partial charge in [0.2, 0.25) is 5.91 Å². The minimum absolute atomic E-state index is 0.0719. The van der Waals surface area contributed by atoms with Crippen molar-refractivity contribution in [2.75, 3.05) is 22.9 Å². The molecule has 2 N–H and O–H groups in total. The zero-order chi connectivity index (χ0) is 15.4. The van der Waals surface area contributed by atoms with Crippen LogP contribution in [0.2, 0.25) is 0 Å². The maximum atomic E-state index is 14.5. The molecule has 2 heterocycles. The number of rotatable bonds is 3. The Morgan fingerprint density at radius 2 is 2.09 bits per heavy atom. The largest absolute Gasteiger partial charge is 0.443 e. The molecule has 3 aliphatic rings. The Balaban J connectivity index is 1.70. The molecule has 0 radical (unpaired) electrons. The van der Waals surface area contributed by atoms with Crippen molar-refractivity contribution in [2.24, 2.45) is 5.73 Å². The fourth-order valence-electron chi connectivity index (χ4n) is 3.15. The van der Waals surface area contributed by atoms with Gasteiger partial charge in [-0.3, -0.25) is 9.69 Å². The number of hydrogen-bond donors (Lipinski definition) is 1. The number of benzene rings is 1. The predicted molar refractivity (Wildman–Crippen MR) is 77.3 cm³/mol. The van der Waals surface area contributed by atoms with Gasteiger partial charge in [-0.05, 0) is 30.5 Å². The molecule has 1 saturated heterocycles. The van der Waals surface area contributed by atoms with E-state index in [4.69, 9.17) is 10.5 Å². The second-order valence-electron chi connectivity index (χ2n) is 5.96. The number of fused-ring (bicyclic) bond motifs is 1. The Morgan fingerprint density at radius 1 is 1.32 bits per heavy atom. The van der Waals surface area contributed by atoms with Crippen molar-refractivity contribution in [3.05, 3.63) is 23.5 Å². The maximum Gasteiger partial charge on any atom is 0.414 e. The lowest BCUT2D eigenvalue weighted by molar-refractivity contribution is -0.117. The van der Waals surface area contributed by atoms with Crippen molar-refractivity contribution in [3.8, 4) is 0 Å². The Labute approximate surface area is 126 Å². The van der Waals surface area contributed by atoms with Gasteiger partial charge in [0.25, 0.3) is 0 Å². The molecule has 2 amide bonds. The van der Waals surface area contributed by atoms with E-state index in [-0.39, 0.29) is 31.0 Å². The highest BCUT2D eigenvalue weighted by molar-refractivity contribution is 6.03. The molecule has 7 heteroatoms. The van der Waals surface area contributed by atoms with Crippen LogP contribution < -0.4 is 15.5 Å². The summed E-state index contributed by atoms with van der Waals surface area (Å²) in [5.41, 5.74) is 6.93. The highest BCUT2D eigenvalue weighted by Gasteiger charge is 2.41. The number of hydrogen-bond acceptors (Lipinski definition) is 4. The van der Waals surface area contributed by atoms with Crippen molar-refractivity contribution in [1.29, 1.82) is 0 Å². The third-order valence-corrected chi connectivity index (χ3v) is 4.34. The molecule has 0 aromatic heterocycles. The monoisotopic (exact) mass is 305 g/mol. The van der Waals surface area contributed by atoms with E-state index >= 15 is 0 Å². The first kappa shape index (κ1) is 13.5. The number of nitrogens with two attached hydrogens (primary N) is 1. The molecule has 2 aliphatic heterocycles. The molecule has 1 aromatic carbocycles. The molecular formula is C15H16FN3O3. The average molecular weight is 305 g/mol.